The molecule has 192 valence electrons. The first-order chi connectivity index (χ1) is 20.6. The van der Waals surface area contributed by atoms with Crippen LogP contribution in [0.5, 0.6) is 0 Å². The normalized spacial score (nSPS) is 45.8. The number of amides is 2. The van der Waals surface area contributed by atoms with Gasteiger partial charge in [-0.15, -0.1) is 0 Å². The molecule has 0 unspecified atom stereocenters. The Hall–Kier alpha value is -2.03. The highest BCUT2D eigenvalue weighted by Gasteiger charge is 2.63. The van der Waals surface area contributed by atoms with Gasteiger partial charge in [0.25, 0.3) is 0 Å². The number of anilines is 1. The zero-order valence-electron chi connectivity index (χ0n) is 28.0. The highest BCUT2D eigenvalue weighted by Crippen LogP contribution is 2.56. The molecule has 0 spiro atoms. The second-order valence-corrected chi connectivity index (χ2v) is 11.8. The van der Waals surface area contributed by atoms with Crippen LogP contribution >= 0.6 is 11.5 Å². The van der Waals surface area contributed by atoms with E-state index in [2.05, 4.69) is 4.37 Å². The number of likely N-dealkylation sites (tertiary alicyclic amines) is 1. The number of benzene rings is 1. The van der Waals surface area contributed by atoms with Gasteiger partial charge in [-0.1, -0.05) is 25.0 Å². The van der Waals surface area contributed by atoms with Crippen molar-refractivity contribution in [2.75, 3.05) is 44.0 Å². The second-order valence-electron chi connectivity index (χ2n) is 11.0. The summed E-state index contributed by atoms with van der Waals surface area (Å²) in [7, 11) is 0. The highest BCUT2D eigenvalue weighted by atomic mass is 32.1. The Balaban J connectivity index is 1.18. The summed E-state index contributed by atoms with van der Waals surface area (Å²) in [5.41, 5.74) is 0. The molecule has 8 heteroatoms. The van der Waals surface area contributed by atoms with Gasteiger partial charge in [0.15, 0.2) is 0 Å². The molecule has 2 bridgehead atoms. The Labute approximate surface area is 227 Å². The average molecular weight is 517 g/mol. The lowest BCUT2D eigenvalue weighted by molar-refractivity contribution is -0.142. The summed E-state index contributed by atoms with van der Waals surface area (Å²) in [6, 6.07) is 6.81. The first-order valence-electron chi connectivity index (χ1n) is 17.1. The van der Waals surface area contributed by atoms with Gasteiger partial charge in [0, 0.05) is 49.9 Å². The number of hydrogen-bond acceptors (Lipinski definition) is 7. The zero-order valence-corrected chi connectivity index (χ0v) is 20.8. The fourth-order valence-electron chi connectivity index (χ4n) is 7.41. The summed E-state index contributed by atoms with van der Waals surface area (Å²) >= 11 is 1.01. The summed E-state index contributed by atoms with van der Waals surface area (Å²) < 4.78 is 76.7. The van der Waals surface area contributed by atoms with Crippen molar-refractivity contribution in [2.24, 2.45) is 35.5 Å². The van der Waals surface area contributed by atoms with Crippen LogP contribution in [0.3, 0.4) is 0 Å². The molecule has 1 aromatic carbocycles. The fourth-order valence-corrected chi connectivity index (χ4v) is 8.17. The Bertz CT molecular complexity index is 1480. The number of hydrogen-bond donors (Lipinski definition) is 1. The van der Waals surface area contributed by atoms with Crippen LogP contribution in [0.2, 0.25) is 0 Å². The van der Waals surface area contributed by atoms with E-state index < -0.39 is 49.8 Å². The number of aliphatic hydroxyl groups is 1. The number of aromatic nitrogens is 1. The number of fused-ring (bicyclic) bond motifs is 6. The van der Waals surface area contributed by atoms with Crippen molar-refractivity contribution in [3.8, 4) is 0 Å². The third kappa shape index (κ3) is 3.71. The van der Waals surface area contributed by atoms with E-state index in [1.54, 1.807) is 24.3 Å². The molecule has 0 radical (unpaired) electrons. The molecule has 3 heterocycles. The lowest BCUT2D eigenvalue weighted by Crippen LogP contribution is -2.49. The van der Waals surface area contributed by atoms with E-state index in [1.807, 2.05) is 0 Å². The van der Waals surface area contributed by atoms with Gasteiger partial charge in [-0.25, -0.2) is 0 Å². The molecule has 2 aromatic rings. The van der Waals surface area contributed by atoms with Crippen LogP contribution in [-0.2, 0) is 9.59 Å². The van der Waals surface area contributed by atoms with Gasteiger partial charge in [-0.2, -0.15) is 4.37 Å². The quantitative estimate of drug-likeness (QED) is 0.615. The molecule has 3 saturated carbocycles. The Morgan fingerprint density at radius 1 is 0.972 bits per heavy atom. The van der Waals surface area contributed by atoms with E-state index in [4.69, 9.17) is 11.0 Å². The number of imide groups is 1. The van der Waals surface area contributed by atoms with Gasteiger partial charge in [0.05, 0.1) is 28.1 Å². The predicted octanol–water partition coefficient (Wildman–Crippen LogP) is 3.23. The van der Waals surface area contributed by atoms with E-state index in [0.717, 1.165) is 24.4 Å². The minimum absolute atomic E-state index is 0.00121. The first-order valence-corrected chi connectivity index (χ1v) is 13.8. The molecule has 1 N–H and O–H groups in total. The number of piperazine rings is 1. The molecule has 7 atom stereocenters. The maximum atomic E-state index is 13.5. The van der Waals surface area contributed by atoms with Gasteiger partial charge in [-0.3, -0.25) is 19.4 Å². The van der Waals surface area contributed by atoms with Crippen molar-refractivity contribution in [3.05, 3.63) is 24.3 Å². The molecule has 2 amide bonds. The van der Waals surface area contributed by atoms with E-state index in [-0.39, 0.29) is 48.5 Å². The van der Waals surface area contributed by atoms with Crippen molar-refractivity contribution >= 4 is 39.3 Å². The van der Waals surface area contributed by atoms with E-state index in [9.17, 15) is 14.7 Å². The molecule has 5 fully saturated rings. The standard InChI is InChI=1S/C28H36N4O3S/c33-22-14-19-13-21(22)25-24(19)27(34)32(28(25)35)16-18-6-2-1-5-17(18)15-30-9-11-31(12-10-30)26-20-7-3-4-8-23(20)36-29-26/h3-4,7-8,17-19,21-22,24-25,33H,1-2,5-6,9-16H2/t17-,18+,19-,21+,22+,24-,25+/m1/s1/i9D2,10D2,11D2,12D2. The summed E-state index contributed by atoms with van der Waals surface area (Å²) in [6.07, 6.45) is 3.40. The maximum Gasteiger partial charge on any atom is 0.233 e. The van der Waals surface area contributed by atoms with Gasteiger partial charge >= 0.3 is 0 Å². The molecule has 7 rings (SSSR count). The van der Waals surface area contributed by atoms with Gasteiger partial charge in [0.2, 0.25) is 11.8 Å². The maximum absolute atomic E-state index is 13.5. The van der Waals surface area contributed by atoms with Crippen LogP contribution in [0.4, 0.5) is 5.82 Å². The number of carbonyl (C=O) groups excluding carboxylic acids is 2. The SMILES string of the molecule is [2H]C1([2H])N(C[C@H]2CCCC[C@H]2CN2C(=O)[C@@H]3[C@@H]4C[C@H]([C@@H]3C2=O)[C@@H](O)C4)C([2H])([2H])C([2H])([2H])N(c2nsc3ccccc23)C1([2H])[2H]. The Kier molecular flexibility index (Phi) is 4.04. The Morgan fingerprint density at radius 2 is 1.69 bits per heavy atom. The van der Waals surface area contributed by atoms with E-state index in [1.165, 1.54) is 4.90 Å². The average Bonchev–Trinajstić information content (AvgIpc) is 3.70. The van der Waals surface area contributed by atoms with Crippen LogP contribution in [0.25, 0.3) is 10.1 Å². The second kappa shape index (κ2) is 9.07. The molecule has 3 aliphatic carbocycles. The van der Waals surface area contributed by atoms with Crippen LogP contribution in [0.15, 0.2) is 24.3 Å². The van der Waals surface area contributed by atoms with Crippen molar-refractivity contribution in [1.82, 2.24) is 14.2 Å². The summed E-state index contributed by atoms with van der Waals surface area (Å²) in [6.45, 7) is -12.2. The van der Waals surface area contributed by atoms with E-state index in [0.29, 0.717) is 45.6 Å². The molecule has 7 nitrogen and oxygen atoms in total. The van der Waals surface area contributed by atoms with Crippen molar-refractivity contribution in [3.63, 3.8) is 0 Å². The molecular formula is C28H36N4O3S. The Morgan fingerprint density at radius 3 is 2.50 bits per heavy atom. The lowest BCUT2D eigenvalue weighted by Gasteiger charge is -2.40. The molecule has 1 aromatic heterocycles. The third-order valence-corrected chi connectivity index (χ3v) is 9.95. The van der Waals surface area contributed by atoms with E-state index >= 15 is 0 Å². The monoisotopic (exact) mass is 516 g/mol. The fraction of sp³-hybridized carbons (Fsp3) is 0.679. The predicted molar refractivity (Wildman–Crippen MR) is 140 cm³/mol. The highest BCUT2D eigenvalue weighted by molar-refractivity contribution is 7.13. The third-order valence-electron chi connectivity index (χ3n) is 9.14. The zero-order chi connectivity index (χ0) is 31.6. The van der Waals surface area contributed by atoms with Crippen molar-refractivity contribution in [2.45, 2.75) is 44.6 Å². The number of aliphatic hydroxyl groups excluding tert-OH is 1. The minimum Gasteiger partial charge on any atom is -0.393 e. The largest absolute Gasteiger partial charge is 0.393 e. The van der Waals surface area contributed by atoms with Crippen molar-refractivity contribution in [1.29, 1.82) is 0 Å². The lowest BCUT2D eigenvalue weighted by atomic mass is 9.78. The van der Waals surface area contributed by atoms with Crippen LogP contribution in [0, 0.1) is 35.5 Å². The smallest absolute Gasteiger partial charge is 0.233 e. The first kappa shape index (κ1) is 16.0. The molecule has 2 aliphatic heterocycles. The summed E-state index contributed by atoms with van der Waals surface area (Å²) in [5, 5.41) is 10.8. The number of rotatable bonds is 5. The van der Waals surface area contributed by atoms with Gasteiger partial charge in [-0.05, 0) is 73.0 Å². The minimum atomic E-state index is -3.03. The molecule has 2 saturated heterocycles. The summed E-state index contributed by atoms with van der Waals surface area (Å²) in [4.78, 5) is 29.5. The topological polar surface area (TPSA) is 77.0 Å². The van der Waals surface area contributed by atoms with Crippen LogP contribution < -0.4 is 4.90 Å². The van der Waals surface area contributed by atoms with Gasteiger partial charge in [0.1, 0.15) is 5.82 Å². The number of nitrogens with zero attached hydrogens (tertiary/aromatic N) is 4. The molecule has 36 heavy (non-hydrogen) atoms. The van der Waals surface area contributed by atoms with Crippen LogP contribution in [-0.4, -0.2) is 76.3 Å². The molecular weight excluding hydrogens is 472 g/mol. The van der Waals surface area contributed by atoms with Crippen LogP contribution in [0.1, 0.15) is 49.5 Å². The number of carbonyl (C=O) groups is 2. The van der Waals surface area contributed by atoms with Gasteiger partial charge < -0.3 is 10.0 Å². The molecule has 5 aliphatic rings. The van der Waals surface area contributed by atoms with Crippen molar-refractivity contribution < 1.29 is 25.7 Å². The summed E-state index contributed by atoms with van der Waals surface area (Å²) in [5.74, 6) is -2.44.